The van der Waals surface area contributed by atoms with Crippen LogP contribution in [0.3, 0.4) is 0 Å². The Morgan fingerprint density at radius 2 is 2.58 bits per heavy atom. The van der Waals surface area contributed by atoms with E-state index in [1.165, 1.54) is 0 Å². The predicted octanol–water partition coefficient (Wildman–Crippen LogP) is 0.997. The number of hydrogen-bond donors (Lipinski definition) is 2. The third-order valence-corrected chi connectivity index (χ3v) is 1.72. The van der Waals surface area contributed by atoms with Crippen molar-refractivity contribution in [2.24, 2.45) is 16.8 Å². The Bertz CT molecular complexity index is 232. The van der Waals surface area contributed by atoms with E-state index in [9.17, 15) is 4.79 Å². The van der Waals surface area contributed by atoms with Crippen LogP contribution in [-0.2, 0) is 0 Å². The molecule has 4 heteroatoms. The second kappa shape index (κ2) is 3.90. The van der Waals surface area contributed by atoms with E-state index in [1.807, 2.05) is 6.08 Å². The predicted molar refractivity (Wildman–Crippen MR) is 47.7 cm³/mol. The standard InChI is InChI=1S/C8H13N3O/c1-6-3-2-4-7(5-6)10-11-8(9)12/h2,4,6H,3,5H2,1H3,(H3,9,11,12). The van der Waals surface area contributed by atoms with Crippen molar-refractivity contribution < 1.29 is 4.79 Å². The molecule has 1 atom stereocenters. The van der Waals surface area contributed by atoms with Crippen LogP contribution in [0.25, 0.3) is 0 Å². The summed E-state index contributed by atoms with van der Waals surface area (Å²) in [6.07, 6.45) is 5.94. The fourth-order valence-electron chi connectivity index (χ4n) is 1.15. The van der Waals surface area contributed by atoms with Crippen molar-refractivity contribution in [3.63, 3.8) is 0 Å². The fraction of sp³-hybridized carbons (Fsp3) is 0.500. The average molecular weight is 167 g/mol. The maximum absolute atomic E-state index is 10.3. The number of amides is 2. The summed E-state index contributed by atoms with van der Waals surface area (Å²) in [6, 6.07) is -0.617. The summed E-state index contributed by atoms with van der Waals surface area (Å²) in [5.74, 6) is 0.600. The lowest BCUT2D eigenvalue weighted by molar-refractivity contribution is 0.249. The van der Waals surface area contributed by atoms with Crippen LogP contribution in [0.5, 0.6) is 0 Å². The first-order valence-corrected chi connectivity index (χ1v) is 3.97. The lowest BCUT2D eigenvalue weighted by Gasteiger charge is -2.13. The molecule has 0 spiro atoms. The van der Waals surface area contributed by atoms with Gasteiger partial charge in [0.2, 0.25) is 0 Å². The van der Waals surface area contributed by atoms with Gasteiger partial charge in [0.25, 0.3) is 0 Å². The summed E-state index contributed by atoms with van der Waals surface area (Å²) in [5.41, 5.74) is 7.96. The van der Waals surface area contributed by atoms with Gasteiger partial charge in [0.1, 0.15) is 0 Å². The van der Waals surface area contributed by atoms with E-state index < -0.39 is 6.03 Å². The first kappa shape index (κ1) is 8.77. The van der Waals surface area contributed by atoms with Gasteiger partial charge in [-0.25, -0.2) is 10.2 Å². The second-order valence-corrected chi connectivity index (χ2v) is 3.03. The number of rotatable bonds is 1. The van der Waals surface area contributed by atoms with Crippen LogP contribution in [0.1, 0.15) is 19.8 Å². The van der Waals surface area contributed by atoms with Gasteiger partial charge in [-0.15, -0.1) is 0 Å². The third-order valence-electron chi connectivity index (χ3n) is 1.72. The molecule has 1 aliphatic carbocycles. The van der Waals surface area contributed by atoms with Gasteiger partial charge in [0, 0.05) is 0 Å². The summed E-state index contributed by atoms with van der Waals surface area (Å²) in [4.78, 5) is 10.3. The Balaban J connectivity index is 2.51. The molecule has 12 heavy (non-hydrogen) atoms. The summed E-state index contributed by atoms with van der Waals surface area (Å²) in [6.45, 7) is 2.14. The highest BCUT2D eigenvalue weighted by atomic mass is 16.2. The van der Waals surface area contributed by atoms with Crippen LogP contribution in [0.15, 0.2) is 17.3 Å². The third kappa shape index (κ3) is 2.74. The second-order valence-electron chi connectivity index (χ2n) is 3.03. The van der Waals surface area contributed by atoms with Crippen LogP contribution in [0.4, 0.5) is 4.79 Å². The fourth-order valence-corrected chi connectivity index (χ4v) is 1.15. The highest BCUT2D eigenvalue weighted by Gasteiger charge is 2.08. The summed E-state index contributed by atoms with van der Waals surface area (Å²) in [5, 5.41) is 3.84. The van der Waals surface area contributed by atoms with Crippen LogP contribution in [-0.4, -0.2) is 11.7 Å². The molecule has 66 valence electrons. The first-order valence-electron chi connectivity index (χ1n) is 3.97. The molecule has 1 aliphatic rings. The van der Waals surface area contributed by atoms with Gasteiger partial charge >= 0.3 is 6.03 Å². The molecule has 2 amide bonds. The molecule has 0 aromatic rings. The normalized spacial score (nSPS) is 25.8. The Hall–Kier alpha value is -1.32. The average Bonchev–Trinajstić information content (AvgIpc) is 2.01. The topological polar surface area (TPSA) is 67.5 Å². The van der Waals surface area contributed by atoms with Crippen molar-refractivity contribution in [2.45, 2.75) is 19.8 Å². The van der Waals surface area contributed by atoms with E-state index in [1.54, 1.807) is 0 Å². The summed E-state index contributed by atoms with van der Waals surface area (Å²) >= 11 is 0. The molecule has 0 aliphatic heterocycles. The molecule has 1 rings (SSSR count). The molecule has 0 saturated heterocycles. The number of allylic oxidation sites excluding steroid dienone is 2. The Kier molecular flexibility index (Phi) is 2.85. The SMILES string of the molecule is CC1CC=CC(=NNC(N)=O)C1. The highest BCUT2D eigenvalue weighted by Crippen LogP contribution is 2.14. The number of nitrogens with zero attached hydrogens (tertiary/aromatic N) is 1. The minimum Gasteiger partial charge on any atom is -0.350 e. The smallest absolute Gasteiger partial charge is 0.332 e. The van der Waals surface area contributed by atoms with Crippen molar-refractivity contribution in [1.82, 2.24) is 5.43 Å². The molecule has 0 radical (unpaired) electrons. The van der Waals surface area contributed by atoms with Gasteiger partial charge in [-0.3, -0.25) is 0 Å². The molecule has 3 N–H and O–H groups in total. The molecule has 0 saturated carbocycles. The minimum atomic E-state index is -0.617. The maximum atomic E-state index is 10.3. The number of hydrazone groups is 1. The maximum Gasteiger partial charge on any atom is 0.332 e. The number of primary amides is 1. The summed E-state index contributed by atoms with van der Waals surface area (Å²) in [7, 11) is 0. The lowest BCUT2D eigenvalue weighted by Crippen LogP contribution is -2.26. The van der Waals surface area contributed by atoms with Crippen molar-refractivity contribution in [1.29, 1.82) is 0 Å². The van der Waals surface area contributed by atoms with E-state index >= 15 is 0 Å². The zero-order chi connectivity index (χ0) is 8.97. The Morgan fingerprint density at radius 1 is 1.83 bits per heavy atom. The molecule has 0 aromatic heterocycles. The van der Waals surface area contributed by atoms with Crippen LogP contribution >= 0.6 is 0 Å². The van der Waals surface area contributed by atoms with Crippen molar-refractivity contribution in [3.05, 3.63) is 12.2 Å². The van der Waals surface area contributed by atoms with Gasteiger partial charge in [-0.05, 0) is 24.8 Å². The first-order chi connectivity index (χ1) is 5.68. The van der Waals surface area contributed by atoms with Gasteiger partial charge in [0.15, 0.2) is 0 Å². The van der Waals surface area contributed by atoms with Crippen molar-refractivity contribution in [3.8, 4) is 0 Å². The van der Waals surface area contributed by atoms with Crippen LogP contribution in [0.2, 0.25) is 0 Å². The zero-order valence-corrected chi connectivity index (χ0v) is 7.08. The number of carbonyl (C=O) groups is 1. The van der Waals surface area contributed by atoms with E-state index in [0.717, 1.165) is 18.6 Å². The zero-order valence-electron chi connectivity index (χ0n) is 7.08. The van der Waals surface area contributed by atoms with Crippen LogP contribution < -0.4 is 11.2 Å². The highest BCUT2D eigenvalue weighted by molar-refractivity contribution is 5.96. The number of urea groups is 1. The molecule has 0 heterocycles. The molecule has 0 bridgehead atoms. The number of carbonyl (C=O) groups excluding carboxylic acids is 1. The van der Waals surface area contributed by atoms with Crippen molar-refractivity contribution in [2.75, 3.05) is 0 Å². The lowest BCUT2D eigenvalue weighted by atomic mass is 9.95. The van der Waals surface area contributed by atoms with Gasteiger partial charge in [-0.1, -0.05) is 13.0 Å². The Labute approximate surface area is 71.5 Å². The summed E-state index contributed by atoms with van der Waals surface area (Å²) < 4.78 is 0. The number of hydrogen-bond acceptors (Lipinski definition) is 2. The van der Waals surface area contributed by atoms with E-state index in [-0.39, 0.29) is 0 Å². The number of nitrogens with two attached hydrogens (primary N) is 1. The minimum absolute atomic E-state index is 0.600. The van der Waals surface area contributed by atoms with Gasteiger partial charge in [0.05, 0.1) is 5.71 Å². The Morgan fingerprint density at radius 3 is 3.17 bits per heavy atom. The molecule has 0 aromatic carbocycles. The van der Waals surface area contributed by atoms with E-state index in [2.05, 4.69) is 23.5 Å². The largest absolute Gasteiger partial charge is 0.350 e. The molecule has 1 unspecified atom stereocenters. The van der Waals surface area contributed by atoms with E-state index in [4.69, 9.17) is 5.73 Å². The van der Waals surface area contributed by atoms with Crippen molar-refractivity contribution >= 4 is 11.7 Å². The molecule has 0 fully saturated rings. The van der Waals surface area contributed by atoms with Gasteiger partial charge < -0.3 is 5.73 Å². The molecule has 4 nitrogen and oxygen atoms in total. The van der Waals surface area contributed by atoms with E-state index in [0.29, 0.717) is 5.92 Å². The monoisotopic (exact) mass is 167 g/mol. The van der Waals surface area contributed by atoms with Gasteiger partial charge in [-0.2, -0.15) is 5.10 Å². The van der Waals surface area contributed by atoms with Crippen LogP contribution in [0, 0.1) is 5.92 Å². The molecular formula is C8H13N3O. The quantitative estimate of drug-likeness (QED) is 0.562. The number of nitrogens with one attached hydrogen (secondary N) is 1. The molecular weight excluding hydrogens is 154 g/mol.